The van der Waals surface area contributed by atoms with Crippen LogP contribution in [0.15, 0.2) is 29.2 Å². The summed E-state index contributed by atoms with van der Waals surface area (Å²) in [6, 6.07) is 7.52. The number of benzene rings is 1. The summed E-state index contributed by atoms with van der Waals surface area (Å²) in [6.07, 6.45) is 0.0497. The SMILES string of the molecule is COC[C@H](C)NC(=S)NNC(=O)C[C@H]1Sc2ccccc2NC1=O. The van der Waals surface area contributed by atoms with Crippen LogP contribution < -0.4 is 21.5 Å². The zero-order valence-corrected chi connectivity index (χ0v) is 15.1. The molecule has 1 aromatic carbocycles. The molecule has 0 bridgehead atoms. The van der Waals surface area contributed by atoms with E-state index in [1.54, 1.807) is 7.11 Å². The van der Waals surface area contributed by atoms with Gasteiger partial charge in [-0.1, -0.05) is 12.1 Å². The van der Waals surface area contributed by atoms with Gasteiger partial charge < -0.3 is 15.4 Å². The smallest absolute Gasteiger partial charge is 0.240 e. The van der Waals surface area contributed by atoms with Crippen LogP contribution in [0.1, 0.15) is 13.3 Å². The lowest BCUT2D eigenvalue weighted by molar-refractivity contribution is -0.124. The summed E-state index contributed by atoms with van der Waals surface area (Å²) in [7, 11) is 1.60. The largest absolute Gasteiger partial charge is 0.383 e. The van der Waals surface area contributed by atoms with Gasteiger partial charge in [-0.25, -0.2) is 0 Å². The van der Waals surface area contributed by atoms with E-state index in [-0.39, 0.29) is 24.3 Å². The Morgan fingerprint density at radius 3 is 2.92 bits per heavy atom. The van der Waals surface area contributed by atoms with Crippen LogP contribution in [-0.4, -0.2) is 41.9 Å². The van der Waals surface area contributed by atoms with Crippen LogP contribution in [-0.2, 0) is 14.3 Å². The van der Waals surface area contributed by atoms with Gasteiger partial charge in [0.05, 0.1) is 17.5 Å². The second-order valence-electron chi connectivity index (χ2n) is 5.30. The number of thioether (sulfide) groups is 1. The molecule has 2 amide bonds. The van der Waals surface area contributed by atoms with Gasteiger partial charge in [0, 0.05) is 24.5 Å². The number of carbonyl (C=O) groups excluding carboxylic acids is 2. The highest BCUT2D eigenvalue weighted by molar-refractivity contribution is 8.01. The predicted molar refractivity (Wildman–Crippen MR) is 97.7 cm³/mol. The van der Waals surface area contributed by atoms with E-state index in [1.165, 1.54) is 11.8 Å². The third kappa shape index (κ3) is 5.36. The van der Waals surface area contributed by atoms with Gasteiger partial charge in [-0.2, -0.15) is 0 Å². The predicted octanol–water partition coefficient (Wildman–Crippen LogP) is 1.02. The summed E-state index contributed by atoms with van der Waals surface area (Å²) in [5, 5.41) is 5.58. The number of thiocarbonyl (C=S) groups is 1. The number of ether oxygens (including phenoxy) is 1. The van der Waals surface area contributed by atoms with Crippen LogP contribution >= 0.6 is 24.0 Å². The van der Waals surface area contributed by atoms with Crippen LogP contribution in [0.25, 0.3) is 0 Å². The standard InChI is InChI=1S/C15H20N4O3S2/c1-9(8-22-2)16-15(23)19-18-13(20)7-12-14(21)17-10-5-3-4-6-11(10)24-12/h3-6,9,12H,7-8H2,1-2H3,(H,17,21)(H,18,20)(H2,16,19,23)/t9-,12+/m0/s1. The molecule has 0 spiro atoms. The van der Waals surface area contributed by atoms with Crippen molar-refractivity contribution in [1.82, 2.24) is 16.2 Å². The molecule has 2 atom stereocenters. The molecule has 7 nitrogen and oxygen atoms in total. The Morgan fingerprint density at radius 1 is 1.42 bits per heavy atom. The molecule has 1 heterocycles. The first-order chi connectivity index (χ1) is 11.5. The molecule has 9 heteroatoms. The monoisotopic (exact) mass is 368 g/mol. The average Bonchev–Trinajstić information content (AvgIpc) is 2.54. The molecule has 1 aliphatic heterocycles. The van der Waals surface area contributed by atoms with Crippen LogP contribution in [0.5, 0.6) is 0 Å². The zero-order valence-electron chi connectivity index (χ0n) is 13.4. The summed E-state index contributed by atoms with van der Waals surface area (Å²) >= 11 is 6.44. The average molecular weight is 368 g/mol. The number of rotatable bonds is 5. The van der Waals surface area contributed by atoms with Gasteiger partial charge in [0.15, 0.2) is 5.11 Å². The summed E-state index contributed by atoms with van der Waals surface area (Å²) in [5.41, 5.74) is 5.89. The zero-order chi connectivity index (χ0) is 17.5. The highest BCUT2D eigenvalue weighted by Crippen LogP contribution is 2.36. The minimum absolute atomic E-state index is 0.0167. The van der Waals surface area contributed by atoms with E-state index in [0.717, 1.165) is 10.6 Å². The van der Waals surface area contributed by atoms with Crippen molar-refractivity contribution in [3.63, 3.8) is 0 Å². The Hall–Kier alpha value is -1.84. The molecule has 130 valence electrons. The maximum absolute atomic E-state index is 12.1. The van der Waals surface area contributed by atoms with Crippen molar-refractivity contribution in [2.45, 2.75) is 29.5 Å². The third-order valence-corrected chi connectivity index (χ3v) is 4.68. The normalized spacial score (nSPS) is 17.2. The van der Waals surface area contributed by atoms with E-state index in [9.17, 15) is 9.59 Å². The summed E-state index contributed by atoms with van der Waals surface area (Å²) < 4.78 is 4.99. The Balaban J connectivity index is 1.78. The van der Waals surface area contributed by atoms with Crippen molar-refractivity contribution < 1.29 is 14.3 Å². The lowest BCUT2D eigenvalue weighted by atomic mass is 10.2. The van der Waals surface area contributed by atoms with Crippen molar-refractivity contribution >= 4 is 46.6 Å². The van der Waals surface area contributed by atoms with E-state index in [1.807, 2.05) is 31.2 Å². The van der Waals surface area contributed by atoms with E-state index in [0.29, 0.717) is 11.7 Å². The molecule has 0 aliphatic carbocycles. The molecule has 1 aromatic rings. The number of methoxy groups -OCH3 is 1. The molecule has 4 N–H and O–H groups in total. The molecular weight excluding hydrogens is 348 g/mol. The van der Waals surface area contributed by atoms with Crippen LogP contribution in [0.2, 0.25) is 0 Å². The molecule has 24 heavy (non-hydrogen) atoms. The minimum Gasteiger partial charge on any atom is -0.383 e. The van der Waals surface area contributed by atoms with Gasteiger partial charge in [0.25, 0.3) is 0 Å². The van der Waals surface area contributed by atoms with Crippen LogP contribution in [0, 0.1) is 0 Å². The minimum atomic E-state index is -0.476. The van der Waals surface area contributed by atoms with Crippen molar-refractivity contribution in [2.75, 3.05) is 19.0 Å². The number of anilines is 1. The maximum Gasteiger partial charge on any atom is 0.240 e. The molecule has 0 radical (unpaired) electrons. The lowest BCUT2D eigenvalue weighted by Crippen LogP contribution is -2.50. The highest BCUT2D eigenvalue weighted by Gasteiger charge is 2.28. The number of carbonyl (C=O) groups is 2. The summed E-state index contributed by atoms with van der Waals surface area (Å²) in [5.74, 6) is -0.492. The number of fused-ring (bicyclic) bond motifs is 1. The number of para-hydroxylation sites is 1. The fraction of sp³-hybridized carbons (Fsp3) is 0.400. The van der Waals surface area contributed by atoms with Crippen molar-refractivity contribution in [1.29, 1.82) is 0 Å². The molecule has 0 fully saturated rings. The number of hydrogen-bond donors (Lipinski definition) is 4. The molecule has 0 saturated carbocycles. The lowest BCUT2D eigenvalue weighted by Gasteiger charge is -2.23. The van der Waals surface area contributed by atoms with Crippen molar-refractivity contribution in [2.24, 2.45) is 0 Å². The Labute approximate surface area is 150 Å². The molecule has 1 aliphatic rings. The highest BCUT2D eigenvalue weighted by atomic mass is 32.2. The third-order valence-electron chi connectivity index (χ3n) is 3.19. The van der Waals surface area contributed by atoms with Crippen molar-refractivity contribution in [3.05, 3.63) is 24.3 Å². The first-order valence-corrected chi connectivity index (χ1v) is 8.69. The number of hydrogen-bond acceptors (Lipinski definition) is 5. The Kier molecular flexibility index (Phi) is 6.83. The fourth-order valence-electron chi connectivity index (χ4n) is 2.12. The van der Waals surface area contributed by atoms with Gasteiger partial charge in [0.2, 0.25) is 11.8 Å². The van der Waals surface area contributed by atoms with E-state index in [2.05, 4.69) is 21.5 Å². The quantitative estimate of drug-likeness (QED) is 0.456. The van der Waals surface area contributed by atoms with E-state index >= 15 is 0 Å². The first-order valence-electron chi connectivity index (χ1n) is 7.40. The fourth-order valence-corrected chi connectivity index (χ4v) is 3.49. The van der Waals surface area contributed by atoms with Gasteiger partial charge in [-0.3, -0.25) is 20.4 Å². The van der Waals surface area contributed by atoms with Crippen LogP contribution in [0.3, 0.4) is 0 Å². The van der Waals surface area contributed by atoms with E-state index < -0.39 is 5.25 Å². The first kappa shape index (κ1) is 18.5. The van der Waals surface area contributed by atoms with Crippen LogP contribution in [0.4, 0.5) is 5.69 Å². The summed E-state index contributed by atoms with van der Waals surface area (Å²) in [4.78, 5) is 25.0. The molecule has 0 unspecified atom stereocenters. The summed E-state index contributed by atoms with van der Waals surface area (Å²) in [6.45, 7) is 2.40. The molecule has 0 saturated heterocycles. The van der Waals surface area contributed by atoms with Gasteiger partial charge in [-0.15, -0.1) is 11.8 Å². The maximum atomic E-state index is 12.1. The van der Waals surface area contributed by atoms with Crippen molar-refractivity contribution in [3.8, 4) is 0 Å². The topological polar surface area (TPSA) is 91.5 Å². The van der Waals surface area contributed by atoms with E-state index in [4.69, 9.17) is 17.0 Å². The van der Waals surface area contributed by atoms with Gasteiger partial charge >= 0.3 is 0 Å². The van der Waals surface area contributed by atoms with Gasteiger partial charge in [0.1, 0.15) is 0 Å². The second-order valence-corrected chi connectivity index (χ2v) is 6.95. The Bertz CT molecular complexity index is 626. The van der Waals surface area contributed by atoms with Gasteiger partial charge in [-0.05, 0) is 31.3 Å². The molecular formula is C15H20N4O3S2. The molecule has 2 rings (SSSR count). The number of nitrogens with one attached hydrogen (secondary N) is 4. The number of hydrazine groups is 1. The number of amides is 2. The Morgan fingerprint density at radius 2 is 2.17 bits per heavy atom. The second kappa shape index (κ2) is 8.86. The molecule has 0 aromatic heterocycles.